The Morgan fingerprint density at radius 3 is 0.552 bits per heavy atom. The first-order valence-corrected chi connectivity index (χ1v) is 6.47. The van der Waals surface area contributed by atoms with Crippen molar-refractivity contribution in [2.45, 2.75) is 0 Å². The van der Waals surface area contributed by atoms with Crippen LogP contribution in [0.25, 0.3) is 0 Å². The van der Waals surface area contributed by atoms with E-state index in [9.17, 15) is 59.4 Å². The van der Waals surface area contributed by atoms with Crippen LogP contribution in [0, 0.1) is 0 Å². The molecule has 0 aromatic rings. The van der Waals surface area contributed by atoms with Gasteiger partial charge in [-0.05, 0) is 0 Å². The van der Waals surface area contributed by atoms with Gasteiger partial charge in [0.25, 0.3) is 0 Å². The van der Waals surface area contributed by atoms with Gasteiger partial charge in [0.1, 0.15) is 0 Å². The predicted molar refractivity (Wildman–Crippen MR) is 80.2 cm³/mol. The van der Waals surface area contributed by atoms with Crippen molar-refractivity contribution in [3.05, 3.63) is 0 Å². The van der Waals surface area contributed by atoms with Gasteiger partial charge in [-0.3, -0.25) is 9.80 Å². The van der Waals surface area contributed by atoms with Gasteiger partial charge >= 0.3 is 71.7 Å². The van der Waals surface area contributed by atoms with Crippen LogP contribution in [0.1, 0.15) is 0 Å². The second-order valence-electron chi connectivity index (χ2n) is 4.52. The minimum atomic E-state index is -1.57. The summed E-state index contributed by atoms with van der Waals surface area (Å²) in [5.74, 6) is -9.40. The zero-order valence-electron chi connectivity index (χ0n) is 14.5. The smallest absolute Gasteiger partial charge is 0.549 e. The molecule has 0 amide bonds. The van der Waals surface area contributed by atoms with Gasteiger partial charge < -0.3 is 59.4 Å². The minimum absolute atomic E-state index is 0. The standard InChI is InChI=1S/2C6H9NO6.3Sn/c2*8-4(9)1-7(2-5(10)11)3-6(12)13;;;/h2*1-3H2,(H,8,9)(H,10,11)(H,12,13);;;/q;;3*+2/p-6. The van der Waals surface area contributed by atoms with E-state index >= 15 is 0 Å². The third-order valence-corrected chi connectivity index (χ3v) is 2.12. The quantitative estimate of drug-likeness (QED) is 0.169. The fourth-order valence-electron chi connectivity index (χ4n) is 1.43. The normalized spacial score (nSPS) is 8.90. The molecular formula is C12H12N2O12Sn3. The summed E-state index contributed by atoms with van der Waals surface area (Å²) in [5, 5.41) is 60.0. The molecule has 0 rings (SSSR count). The van der Waals surface area contributed by atoms with Gasteiger partial charge in [-0.15, -0.1) is 0 Å². The van der Waals surface area contributed by atoms with Crippen molar-refractivity contribution in [2.24, 2.45) is 0 Å². The number of carboxylic acids is 6. The van der Waals surface area contributed by atoms with E-state index in [1.807, 2.05) is 0 Å². The van der Waals surface area contributed by atoms with E-state index in [1.54, 1.807) is 0 Å². The third-order valence-electron chi connectivity index (χ3n) is 2.12. The summed E-state index contributed by atoms with van der Waals surface area (Å²) >= 11 is 0. The van der Waals surface area contributed by atoms with E-state index in [0.717, 1.165) is 0 Å². The van der Waals surface area contributed by atoms with Crippen molar-refractivity contribution in [1.29, 1.82) is 0 Å². The van der Waals surface area contributed by atoms with Gasteiger partial charge in [0, 0.05) is 39.3 Å². The molecule has 0 aliphatic rings. The molecule has 0 atom stereocenters. The number of rotatable bonds is 12. The molecule has 0 saturated carbocycles. The van der Waals surface area contributed by atoms with Gasteiger partial charge in [-0.25, -0.2) is 0 Å². The number of aliphatic carboxylic acids is 6. The van der Waals surface area contributed by atoms with Crippen molar-refractivity contribution in [2.75, 3.05) is 39.3 Å². The molecule has 0 aromatic carbocycles. The molecule has 14 nitrogen and oxygen atoms in total. The molecule has 0 unspecified atom stereocenters. The molecule has 0 aromatic heterocycles. The molecule has 0 saturated heterocycles. The molecule has 6 radical (unpaired) electrons. The van der Waals surface area contributed by atoms with E-state index in [0.29, 0.717) is 9.80 Å². The van der Waals surface area contributed by atoms with E-state index < -0.39 is 75.1 Å². The number of nitrogens with zero attached hydrogens (tertiary/aromatic N) is 2. The first-order valence-electron chi connectivity index (χ1n) is 6.47. The first-order chi connectivity index (χ1) is 11.8. The zero-order valence-corrected chi connectivity index (χ0v) is 23.1. The number of hydrogen-bond acceptors (Lipinski definition) is 14. The molecule has 0 N–H and O–H groups in total. The Morgan fingerprint density at radius 1 is 0.379 bits per heavy atom. The molecule has 0 spiro atoms. The van der Waals surface area contributed by atoms with Crippen LogP contribution in [0.15, 0.2) is 0 Å². The largest absolute Gasteiger partial charge is 2.00 e. The van der Waals surface area contributed by atoms with Gasteiger partial charge in [-0.1, -0.05) is 0 Å². The number of carboxylic acid groups (broad SMARTS) is 6. The Labute approximate surface area is 214 Å². The summed E-state index contributed by atoms with van der Waals surface area (Å²) in [5.41, 5.74) is 0. The third kappa shape index (κ3) is 32.0. The monoisotopic (exact) mass is 736 g/mol. The Balaban J connectivity index is -0.000000120. The SMILES string of the molecule is O=C([O-])CN(CC(=O)[O-])CC(=O)[O-].O=C([O-])CN(CC(=O)[O-])CC(=O)[O-].[Sn+2].[Sn+2].[Sn+2]. The fraction of sp³-hybridized carbons (Fsp3) is 0.500. The van der Waals surface area contributed by atoms with Crippen LogP contribution in [-0.2, 0) is 28.8 Å². The summed E-state index contributed by atoms with van der Waals surface area (Å²) < 4.78 is 0. The number of carbonyl (C=O) groups is 6. The molecule has 0 bridgehead atoms. The van der Waals surface area contributed by atoms with E-state index in [4.69, 9.17) is 0 Å². The molecule has 17 heteroatoms. The van der Waals surface area contributed by atoms with Crippen LogP contribution >= 0.6 is 0 Å². The van der Waals surface area contributed by atoms with Gasteiger partial charge in [-0.2, -0.15) is 0 Å². The van der Waals surface area contributed by atoms with Crippen LogP contribution in [0.5, 0.6) is 0 Å². The van der Waals surface area contributed by atoms with Crippen LogP contribution in [0.3, 0.4) is 0 Å². The molecule has 154 valence electrons. The van der Waals surface area contributed by atoms with Crippen molar-refractivity contribution >= 4 is 108 Å². The van der Waals surface area contributed by atoms with Gasteiger partial charge in [0.15, 0.2) is 0 Å². The topological polar surface area (TPSA) is 247 Å². The average molecular weight is 732 g/mol. The van der Waals surface area contributed by atoms with E-state index in [-0.39, 0.29) is 71.7 Å². The fourth-order valence-corrected chi connectivity index (χ4v) is 1.43. The van der Waals surface area contributed by atoms with Crippen molar-refractivity contribution in [3.63, 3.8) is 0 Å². The van der Waals surface area contributed by atoms with Crippen LogP contribution in [0.2, 0.25) is 0 Å². The molecular weight excluding hydrogens is 720 g/mol. The Hall–Kier alpha value is -0.864. The zero-order chi connectivity index (χ0) is 20.9. The molecule has 29 heavy (non-hydrogen) atoms. The van der Waals surface area contributed by atoms with Gasteiger partial charge in [0.05, 0.1) is 35.8 Å². The predicted octanol–water partition coefficient (Wildman–Crippen LogP) is -12.1. The van der Waals surface area contributed by atoms with Crippen LogP contribution in [-0.4, -0.2) is 157 Å². The maximum Gasteiger partial charge on any atom is 2.00 e. The summed E-state index contributed by atoms with van der Waals surface area (Å²) in [7, 11) is 0. The summed E-state index contributed by atoms with van der Waals surface area (Å²) in [6, 6.07) is 0. The van der Waals surface area contributed by atoms with Crippen LogP contribution < -0.4 is 30.6 Å². The van der Waals surface area contributed by atoms with Gasteiger partial charge in [0.2, 0.25) is 0 Å². The minimum Gasteiger partial charge on any atom is -0.549 e. The molecule has 0 aliphatic carbocycles. The number of hydrogen-bond donors (Lipinski definition) is 0. The molecule has 0 heterocycles. The van der Waals surface area contributed by atoms with Crippen molar-refractivity contribution < 1.29 is 59.4 Å². The van der Waals surface area contributed by atoms with Crippen LogP contribution in [0.4, 0.5) is 0 Å². The maximum atomic E-state index is 9.99. The number of carbonyl (C=O) groups excluding carboxylic acids is 6. The Bertz CT molecular complexity index is 436. The average Bonchev–Trinajstić information content (AvgIpc) is 2.33. The Kier molecular flexibility index (Phi) is 29.1. The van der Waals surface area contributed by atoms with E-state index in [1.165, 1.54) is 0 Å². The first kappa shape index (κ1) is 38.7. The van der Waals surface area contributed by atoms with Crippen molar-refractivity contribution in [1.82, 2.24) is 9.80 Å². The van der Waals surface area contributed by atoms with Crippen molar-refractivity contribution in [3.8, 4) is 0 Å². The molecule has 0 aliphatic heterocycles. The molecule has 0 fully saturated rings. The summed E-state index contributed by atoms with van der Waals surface area (Å²) in [6.07, 6.45) is 0. The maximum absolute atomic E-state index is 9.99. The summed E-state index contributed by atoms with van der Waals surface area (Å²) in [6.45, 7) is -4.74. The Morgan fingerprint density at radius 2 is 0.483 bits per heavy atom. The van der Waals surface area contributed by atoms with E-state index in [2.05, 4.69) is 0 Å². The second kappa shape index (κ2) is 21.8. The second-order valence-corrected chi connectivity index (χ2v) is 4.52. The summed E-state index contributed by atoms with van der Waals surface area (Å²) in [4.78, 5) is 61.2.